The normalized spacial score (nSPS) is 11.9. The number of likely N-dealkylation sites (N-methyl/N-ethyl adjacent to an activating group) is 1. The van der Waals surface area contributed by atoms with Crippen molar-refractivity contribution < 1.29 is 57.1 Å². The number of hydrogen-bond donors (Lipinski definition) is 0. The summed E-state index contributed by atoms with van der Waals surface area (Å²) in [4.78, 5) is 40.3. The minimum Gasteiger partial charge on any atom is -1.00 e. The first-order valence-electron chi connectivity index (χ1n) is 8.12. The van der Waals surface area contributed by atoms with E-state index in [-0.39, 0.29) is 54.7 Å². The number of nitrogens with zero attached hydrogens (tertiary/aromatic N) is 3. The summed E-state index contributed by atoms with van der Waals surface area (Å²) in [5.41, 5.74) is 0.466. The molecule has 154 valence electrons. The van der Waals surface area contributed by atoms with E-state index >= 15 is 0 Å². The van der Waals surface area contributed by atoms with Gasteiger partial charge in [-0.05, 0) is 13.8 Å². The van der Waals surface area contributed by atoms with Crippen molar-refractivity contribution in [1.82, 2.24) is 9.55 Å². The van der Waals surface area contributed by atoms with Gasteiger partial charge in [-0.3, -0.25) is 0 Å². The molecule has 0 bridgehead atoms. The molecule has 1 aromatic rings. The van der Waals surface area contributed by atoms with Crippen LogP contribution in [0.15, 0.2) is 11.4 Å². The van der Waals surface area contributed by atoms with E-state index in [1.807, 2.05) is 21.1 Å². The Balaban J connectivity index is 0.00000676. The number of carbonyl (C=O) groups excluding carboxylic acids is 3. The predicted molar refractivity (Wildman–Crippen MR) is 95.1 cm³/mol. The molecule has 27 heavy (non-hydrogen) atoms. The summed E-state index contributed by atoms with van der Waals surface area (Å²) >= 11 is 0.687. The molecule has 11 heteroatoms. The Bertz CT molecular complexity index is 659. The van der Waals surface area contributed by atoms with E-state index in [2.05, 4.69) is 4.98 Å². The lowest BCUT2D eigenvalue weighted by molar-refractivity contribution is -0.887. The van der Waals surface area contributed by atoms with Gasteiger partial charge in [0.15, 0.2) is 11.2 Å². The number of rotatable bonds is 7. The lowest BCUT2D eigenvalue weighted by Gasteiger charge is -2.31. The molecule has 0 N–H and O–H groups in total. The maximum Gasteiger partial charge on any atom is 0.420 e. The highest BCUT2D eigenvalue weighted by Gasteiger charge is 2.34. The summed E-state index contributed by atoms with van der Waals surface area (Å²) in [6, 6.07) is -0.522. The number of thioether (sulfide) groups is 1. The Morgan fingerprint density at radius 1 is 1.19 bits per heavy atom. The van der Waals surface area contributed by atoms with Crippen molar-refractivity contribution in [1.29, 1.82) is 0 Å². The molecule has 1 atom stereocenters. The molecule has 0 aromatic carbocycles. The molecular formula is C16H26IN3O6S. The number of halogens is 1. The van der Waals surface area contributed by atoms with Gasteiger partial charge in [-0.25, -0.2) is 23.9 Å². The van der Waals surface area contributed by atoms with Crippen molar-refractivity contribution >= 4 is 29.1 Å². The van der Waals surface area contributed by atoms with E-state index in [9.17, 15) is 14.4 Å². The summed E-state index contributed by atoms with van der Waals surface area (Å²) in [5, 5.41) is -0.451. The van der Waals surface area contributed by atoms with Gasteiger partial charge in [0.1, 0.15) is 0 Å². The number of methoxy groups -OCH3 is 1. The fraction of sp³-hybridized carbons (Fsp3) is 0.625. The molecule has 0 spiro atoms. The number of imidazole rings is 1. The Labute approximate surface area is 180 Å². The van der Waals surface area contributed by atoms with E-state index in [0.29, 0.717) is 21.9 Å². The van der Waals surface area contributed by atoms with E-state index < -0.39 is 17.4 Å². The van der Waals surface area contributed by atoms with E-state index in [0.717, 1.165) is 4.57 Å². The standard InChI is InChI=1S/C16H26N3O6S.HI/c1-7-24-15(21)18-10-11(17-14(18)26-16(22)25-8-2)9-12(13(20)23-6)19(3,4)5;/h10,12H,7-9H2,1-6H3;1H/q+1;/p-1/t12-;/m1./s1. The predicted octanol–water partition coefficient (Wildman–Crippen LogP) is -1.07. The number of aromatic nitrogens is 2. The zero-order chi connectivity index (χ0) is 19.9. The fourth-order valence-electron chi connectivity index (χ4n) is 2.13. The number of ether oxygens (including phenoxy) is 3. The molecule has 0 amide bonds. The minimum absolute atomic E-state index is 0. The van der Waals surface area contributed by atoms with Crippen LogP contribution in [0.1, 0.15) is 19.5 Å². The Kier molecular flexibility index (Phi) is 10.9. The highest BCUT2D eigenvalue weighted by molar-refractivity contribution is 8.13. The van der Waals surface area contributed by atoms with Gasteiger partial charge in [0.25, 0.3) is 0 Å². The van der Waals surface area contributed by atoms with Gasteiger partial charge in [-0.2, -0.15) is 0 Å². The van der Waals surface area contributed by atoms with Crippen LogP contribution in [-0.4, -0.2) is 78.9 Å². The van der Waals surface area contributed by atoms with E-state index in [1.165, 1.54) is 13.3 Å². The average molecular weight is 515 g/mol. The lowest BCUT2D eigenvalue weighted by Crippen LogP contribution is -3.00. The molecule has 0 aliphatic heterocycles. The van der Waals surface area contributed by atoms with E-state index in [4.69, 9.17) is 14.2 Å². The Hall–Kier alpha value is -1.34. The Morgan fingerprint density at radius 2 is 1.78 bits per heavy atom. The second kappa shape index (κ2) is 11.5. The van der Waals surface area contributed by atoms with Crippen molar-refractivity contribution in [3.8, 4) is 0 Å². The maximum absolute atomic E-state index is 12.1. The van der Waals surface area contributed by atoms with Crippen LogP contribution in [0.4, 0.5) is 9.59 Å². The summed E-state index contributed by atoms with van der Waals surface area (Å²) in [7, 11) is 6.90. The molecule has 0 fully saturated rings. The number of carbonyl (C=O) groups is 3. The molecule has 9 nitrogen and oxygen atoms in total. The van der Waals surface area contributed by atoms with Gasteiger partial charge in [-0.15, -0.1) is 0 Å². The van der Waals surface area contributed by atoms with Crippen LogP contribution in [0.25, 0.3) is 0 Å². The second-order valence-electron chi connectivity index (χ2n) is 6.23. The van der Waals surface area contributed by atoms with Gasteiger partial charge in [0.2, 0.25) is 0 Å². The molecule has 1 aromatic heterocycles. The first kappa shape index (κ1) is 25.7. The summed E-state index contributed by atoms with van der Waals surface area (Å²) in [6.07, 6.45) is 1.04. The third kappa shape index (κ3) is 7.66. The lowest BCUT2D eigenvalue weighted by atomic mass is 10.1. The van der Waals surface area contributed by atoms with Crippen molar-refractivity contribution in [2.24, 2.45) is 0 Å². The molecular weight excluding hydrogens is 489 g/mol. The van der Waals surface area contributed by atoms with Crippen LogP contribution in [0.5, 0.6) is 0 Å². The highest BCUT2D eigenvalue weighted by atomic mass is 127. The van der Waals surface area contributed by atoms with Crippen LogP contribution in [0.3, 0.4) is 0 Å². The topological polar surface area (TPSA) is 96.7 Å². The van der Waals surface area contributed by atoms with Crippen LogP contribution < -0.4 is 24.0 Å². The van der Waals surface area contributed by atoms with E-state index in [1.54, 1.807) is 13.8 Å². The van der Waals surface area contributed by atoms with Crippen molar-refractivity contribution in [3.63, 3.8) is 0 Å². The van der Waals surface area contributed by atoms with Gasteiger partial charge in [-0.1, -0.05) is 0 Å². The van der Waals surface area contributed by atoms with Crippen molar-refractivity contribution in [3.05, 3.63) is 11.9 Å². The molecule has 0 unspecified atom stereocenters. The third-order valence-electron chi connectivity index (χ3n) is 3.44. The molecule has 0 radical (unpaired) electrons. The fourth-order valence-corrected chi connectivity index (χ4v) is 2.85. The largest absolute Gasteiger partial charge is 1.00 e. The van der Waals surface area contributed by atoms with Crippen LogP contribution in [0.2, 0.25) is 0 Å². The smallest absolute Gasteiger partial charge is 0.420 e. The molecule has 0 saturated heterocycles. The summed E-state index contributed by atoms with van der Waals surface area (Å²) in [6.45, 7) is 3.76. The maximum atomic E-state index is 12.1. The Morgan fingerprint density at radius 3 is 2.26 bits per heavy atom. The monoisotopic (exact) mass is 515 g/mol. The second-order valence-corrected chi connectivity index (χ2v) is 7.13. The molecule has 1 rings (SSSR count). The zero-order valence-corrected chi connectivity index (χ0v) is 19.3. The number of esters is 1. The number of quaternary nitrogens is 1. The van der Waals surface area contributed by atoms with Gasteiger partial charge in [0, 0.05) is 18.0 Å². The summed E-state index contributed by atoms with van der Waals surface area (Å²) in [5.74, 6) is -0.386. The van der Waals surface area contributed by atoms with Crippen molar-refractivity contribution in [2.45, 2.75) is 31.5 Å². The number of hydrogen-bond acceptors (Lipinski definition) is 8. The molecule has 0 aliphatic rings. The zero-order valence-electron chi connectivity index (χ0n) is 16.4. The van der Waals surface area contributed by atoms with Gasteiger partial charge >= 0.3 is 17.4 Å². The van der Waals surface area contributed by atoms with Crippen LogP contribution in [0, 0.1) is 0 Å². The van der Waals surface area contributed by atoms with Gasteiger partial charge in [0.05, 0.1) is 53.6 Å². The van der Waals surface area contributed by atoms with Crippen LogP contribution in [-0.2, 0) is 25.4 Å². The molecule has 0 saturated carbocycles. The summed E-state index contributed by atoms with van der Waals surface area (Å²) < 4.78 is 16.2. The highest BCUT2D eigenvalue weighted by Crippen LogP contribution is 2.22. The average Bonchev–Trinajstić information content (AvgIpc) is 2.94. The first-order valence-corrected chi connectivity index (χ1v) is 8.94. The molecule has 1 heterocycles. The quantitative estimate of drug-likeness (QED) is 0.149. The SMILES string of the molecule is CCOC(=O)Sc1nc(C[C@H](C(=O)OC)[N+](C)(C)C)cn1C(=O)OCC.[I-]. The first-order chi connectivity index (χ1) is 12.1. The molecule has 0 aliphatic carbocycles. The van der Waals surface area contributed by atoms with Crippen molar-refractivity contribution in [2.75, 3.05) is 41.5 Å². The van der Waals surface area contributed by atoms with Gasteiger partial charge < -0.3 is 42.7 Å². The van der Waals surface area contributed by atoms with Crippen LogP contribution >= 0.6 is 11.8 Å². The minimum atomic E-state index is -0.655. The third-order valence-corrected chi connectivity index (χ3v) is 4.19.